The predicted octanol–water partition coefficient (Wildman–Crippen LogP) is 6.74. The number of hydrogen-bond acceptors (Lipinski definition) is 7. The van der Waals surface area contributed by atoms with Crippen LogP contribution in [0.3, 0.4) is 0 Å². The van der Waals surface area contributed by atoms with Crippen LogP contribution in [0.5, 0.6) is 11.5 Å². The van der Waals surface area contributed by atoms with Gasteiger partial charge >= 0.3 is 10.1 Å². The van der Waals surface area contributed by atoms with Crippen molar-refractivity contribution in [1.29, 1.82) is 0 Å². The van der Waals surface area contributed by atoms with E-state index in [1.807, 2.05) is 83.3 Å². The highest BCUT2D eigenvalue weighted by Gasteiger charge is 2.33. The van der Waals surface area contributed by atoms with Crippen molar-refractivity contribution < 1.29 is 22.1 Å². The molecule has 0 saturated carbocycles. The van der Waals surface area contributed by atoms with Crippen LogP contribution in [0.4, 0.5) is 0 Å². The van der Waals surface area contributed by atoms with Gasteiger partial charge in [0.05, 0.1) is 28.7 Å². The second-order valence-electron chi connectivity index (χ2n) is 8.96. The molecule has 5 rings (SSSR count). The molecule has 0 aromatic heterocycles. The maximum Gasteiger partial charge on any atom is 0.339 e. The number of carbonyl (C=O) groups excluding carboxylic acids is 1. The van der Waals surface area contributed by atoms with Crippen molar-refractivity contribution in [3.63, 3.8) is 0 Å². The highest BCUT2D eigenvalue weighted by Crippen LogP contribution is 2.39. The van der Waals surface area contributed by atoms with Gasteiger partial charge in [-0.05, 0) is 81.4 Å². The number of thioether (sulfide) groups is 1. The van der Waals surface area contributed by atoms with E-state index in [1.165, 1.54) is 31.0 Å². The maximum atomic E-state index is 13.6. The first-order chi connectivity index (χ1) is 19.8. The monoisotopic (exact) mass is 696 g/mol. The summed E-state index contributed by atoms with van der Waals surface area (Å²) in [5.41, 5.74) is 2.70. The molecule has 208 valence electrons. The Balaban J connectivity index is 1.45. The summed E-state index contributed by atoms with van der Waals surface area (Å²) in [4.78, 5) is 20.6. The molecule has 7 nitrogen and oxygen atoms in total. The minimum atomic E-state index is -4.07. The number of methoxy groups -OCH3 is 1. The van der Waals surface area contributed by atoms with Gasteiger partial charge in [-0.25, -0.2) is 0 Å². The molecule has 41 heavy (non-hydrogen) atoms. The lowest BCUT2D eigenvalue weighted by molar-refractivity contribution is -0.122. The highest BCUT2D eigenvalue weighted by atomic mass is 127. The van der Waals surface area contributed by atoms with Crippen LogP contribution in [0.1, 0.15) is 16.7 Å². The Hall–Kier alpha value is -3.61. The van der Waals surface area contributed by atoms with E-state index in [0.717, 1.165) is 11.1 Å². The predicted molar refractivity (Wildman–Crippen MR) is 170 cm³/mol. The highest BCUT2D eigenvalue weighted by molar-refractivity contribution is 14.1. The molecule has 1 aliphatic rings. The number of benzene rings is 4. The zero-order valence-electron chi connectivity index (χ0n) is 21.9. The normalized spacial score (nSPS) is 15.5. The lowest BCUT2D eigenvalue weighted by Gasteiger charge is -2.16. The van der Waals surface area contributed by atoms with Gasteiger partial charge in [-0.1, -0.05) is 78.9 Å². The standard InChI is InChI=1S/C31H25IN2O5S2/c1-38-27-18-24(17-26(32)29(27)39-41(36,37)25-15-9-4-10-16-25)19-28-30(35)34(21-23-13-7-3-8-14-23)31(40-28)33-20-22-11-5-2-6-12-22/h2-19H,20-21H2,1H3/b28-19+,33-31?. The van der Waals surface area contributed by atoms with Crippen molar-refractivity contribution in [3.05, 3.63) is 128 Å². The van der Waals surface area contributed by atoms with Crippen molar-refractivity contribution in [1.82, 2.24) is 4.90 Å². The number of halogens is 1. The second kappa shape index (κ2) is 12.9. The van der Waals surface area contributed by atoms with Crippen LogP contribution in [-0.4, -0.2) is 31.5 Å². The molecule has 0 bridgehead atoms. The zero-order valence-corrected chi connectivity index (χ0v) is 25.7. The fourth-order valence-electron chi connectivity index (χ4n) is 4.07. The second-order valence-corrected chi connectivity index (χ2v) is 12.7. The Labute approximate surface area is 257 Å². The number of aliphatic imine (C=N–C) groups is 1. The Morgan fingerprint density at radius 3 is 2.15 bits per heavy atom. The van der Waals surface area contributed by atoms with Crippen LogP contribution in [0.2, 0.25) is 0 Å². The Kier molecular flexibility index (Phi) is 9.11. The number of amides is 1. The van der Waals surface area contributed by atoms with Gasteiger partial charge in [-0.3, -0.25) is 14.7 Å². The topological polar surface area (TPSA) is 85.3 Å². The van der Waals surface area contributed by atoms with Crippen molar-refractivity contribution >= 4 is 61.6 Å². The third kappa shape index (κ3) is 7.00. The molecule has 1 aliphatic heterocycles. The van der Waals surface area contributed by atoms with Gasteiger partial charge < -0.3 is 8.92 Å². The summed E-state index contributed by atoms with van der Waals surface area (Å²) in [7, 11) is -2.63. The van der Waals surface area contributed by atoms with Gasteiger partial charge in [0.1, 0.15) is 4.90 Å². The smallest absolute Gasteiger partial charge is 0.339 e. The largest absolute Gasteiger partial charge is 0.493 e. The number of amidine groups is 1. The lowest BCUT2D eigenvalue weighted by Crippen LogP contribution is -2.28. The molecule has 0 aliphatic carbocycles. The van der Waals surface area contributed by atoms with Gasteiger partial charge in [0, 0.05) is 0 Å². The molecule has 1 saturated heterocycles. The first-order valence-electron chi connectivity index (χ1n) is 12.5. The molecule has 1 fully saturated rings. The summed E-state index contributed by atoms with van der Waals surface area (Å²) in [6.07, 6.45) is 1.76. The number of nitrogens with zero attached hydrogens (tertiary/aromatic N) is 2. The summed E-state index contributed by atoms with van der Waals surface area (Å²) >= 11 is 3.31. The van der Waals surface area contributed by atoms with Crippen LogP contribution >= 0.6 is 34.4 Å². The summed E-state index contributed by atoms with van der Waals surface area (Å²) in [5.74, 6) is 0.157. The molecule has 1 heterocycles. The summed E-state index contributed by atoms with van der Waals surface area (Å²) in [5, 5.41) is 0.615. The minimum Gasteiger partial charge on any atom is -0.493 e. The molecule has 0 unspecified atom stereocenters. The zero-order chi connectivity index (χ0) is 28.8. The maximum absolute atomic E-state index is 13.6. The summed E-state index contributed by atoms with van der Waals surface area (Å²) < 4.78 is 37.2. The average Bonchev–Trinajstić information content (AvgIpc) is 3.28. The quantitative estimate of drug-likeness (QED) is 0.110. The molecule has 0 N–H and O–H groups in total. The van der Waals surface area contributed by atoms with E-state index in [2.05, 4.69) is 0 Å². The SMILES string of the molecule is COc1cc(/C=C2/SC(=NCc3ccccc3)N(Cc3ccccc3)C2=O)cc(I)c1OS(=O)(=O)c1ccccc1. The average molecular weight is 697 g/mol. The summed E-state index contributed by atoms with van der Waals surface area (Å²) in [6.45, 7) is 0.839. The van der Waals surface area contributed by atoms with Gasteiger partial charge in [-0.15, -0.1) is 0 Å². The van der Waals surface area contributed by atoms with Gasteiger partial charge in [0.2, 0.25) is 0 Å². The molecular formula is C31H25IN2O5S2. The van der Waals surface area contributed by atoms with Gasteiger partial charge in [-0.2, -0.15) is 8.42 Å². The Morgan fingerprint density at radius 1 is 0.902 bits per heavy atom. The first kappa shape index (κ1) is 28.9. The lowest BCUT2D eigenvalue weighted by atomic mass is 10.1. The molecule has 1 amide bonds. The van der Waals surface area contributed by atoms with E-state index in [9.17, 15) is 13.2 Å². The fourth-order valence-corrected chi connectivity index (χ4v) is 6.91. The van der Waals surface area contributed by atoms with Crippen molar-refractivity contribution in [2.24, 2.45) is 4.99 Å². The molecule has 4 aromatic carbocycles. The number of hydrogen-bond donors (Lipinski definition) is 0. The Morgan fingerprint density at radius 2 is 1.51 bits per heavy atom. The van der Waals surface area contributed by atoms with E-state index < -0.39 is 10.1 Å². The number of carbonyl (C=O) groups is 1. The van der Waals surface area contributed by atoms with Gasteiger partial charge in [0.25, 0.3) is 5.91 Å². The van der Waals surface area contributed by atoms with E-state index in [0.29, 0.717) is 32.3 Å². The third-order valence-corrected chi connectivity index (χ3v) is 9.17. The van der Waals surface area contributed by atoms with E-state index in [1.54, 1.807) is 41.3 Å². The molecule has 0 radical (unpaired) electrons. The van der Waals surface area contributed by atoms with Crippen LogP contribution in [-0.2, 0) is 28.0 Å². The van der Waals surface area contributed by atoms with E-state index in [-0.39, 0.29) is 22.3 Å². The number of ether oxygens (including phenoxy) is 1. The van der Waals surface area contributed by atoms with E-state index in [4.69, 9.17) is 13.9 Å². The first-order valence-corrected chi connectivity index (χ1v) is 15.8. The van der Waals surface area contributed by atoms with Crippen LogP contribution in [0.25, 0.3) is 6.08 Å². The minimum absolute atomic E-state index is 0.0397. The summed E-state index contributed by atoms with van der Waals surface area (Å²) in [6, 6.07) is 31.0. The van der Waals surface area contributed by atoms with Crippen LogP contribution in [0.15, 0.2) is 118 Å². The Bertz CT molecular complexity index is 1710. The van der Waals surface area contributed by atoms with Crippen molar-refractivity contribution in [2.45, 2.75) is 18.0 Å². The molecular weight excluding hydrogens is 671 g/mol. The van der Waals surface area contributed by atoms with Gasteiger partial charge in [0.15, 0.2) is 16.7 Å². The number of rotatable bonds is 9. The van der Waals surface area contributed by atoms with Crippen molar-refractivity contribution in [3.8, 4) is 11.5 Å². The van der Waals surface area contributed by atoms with Crippen LogP contribution in [0, 0.1) is 3.57 Å². The van der Waals surface area contributed by atoms with Crippen LogP contribution < -0.4 is 8.92 Å². The molecule has 4 aromatic rings. The van der Waals surface area contributed by atoms with E-state index >= 15 is 0 Å². The molecule has 0 spiro atoms. The molecule has 10 heteroatoms. The fraction of sp³-hybridized carbons (Fsp3) is 0.0968. The third-order valence-electron chi connectivity index (χ3n) is 6.09. The van der Waals surface area contributed by atoms with Crippen molar-refractivity contribution in [2.75, 3.05) is 7.11 Å². The molecule has 0 atom stereocenters.